The Hall–Kier alpha value is -4.71. The smallest absolute Gasteiger partial charge is 0.338 e. The van der Waals surface area contributed by atoms with Gasteiger partial charge in [0.15, 0.2) is 11.5 Å². The Morgan fingerprint density at radius 1 is 0.641 bits per heavy atom. The van der Waals surface area contributed by atoms with Crippen molar-refractivity contribution >= 4 is 17.9 Å². The van der Waals surface area contributed by atoms with Gasteiger partial charge in [-0.05, 0) is 73.2 Å². The quantitative estimate of drug-likeness (QED) is 0.162. The zero-order chi connectivity index (χ0) is 28.7. The number of hydrogen-bond donors (Lipinski definition) is 0. The summed E-state index contributed by atoms with van der Waals surface area (Å²) in [4.78, 5) is 35.9. The summed E-state index contributed by atoms with van der Waals surface area (Å²) in [7, 11) is 0. The lowest BCUT2D eigenvalue weighted by molar-refractivity contribution is -0.138. The Kier molecular flexibility index (Phi) is 9.39. The second kappa shape index (κ2) is 12.7. The van der Waals surface area contributed by atoms with E-state index in [0.29, 0.717) is 18.6 Å². The van der Waals surface area contributed by atoms with Gasteiger partial charge in [-0.25, -0.2) is 14.4 Å². The molecule has 0 saturated carbocycles. The van der Waals surface area contributed by atoms with Crippen LogP contribution in [0, 0.1) is 6.92 Å². The Balaban J connectivity index is 1.83. The van der Waals surface area contributed by atoms with Gasteiger partial charge in [-0.2, -0.15) is 0 Å². The van der Waals surface area contributed by atoms with E-state index in [1.165, 1.54) is 6.92 Å². The van der Waals surface area contributed by atoms with Crippen LogP contribution in [0.2, 0.25) is 0 Å². The Labute approximate surface area is 229 Å². The van der Waals surface area contributed by atoms with Crippen LogP contribution in [0.25, 0.3) is 22.3 Å². The number of ether oxygens (including phenoxy) is 3. The molecule has 3 aromatic carbocycles. The molecule has 0 heterocycles. The summed E-state index contributed by atoms with van der Waals surface area (Å²) in [6.45, 7) is 17.8. The summed E-state index contributed by atoms with van der Waals surface area (Å²) in [6, 6.07) is 19.2. The van der Waals surface area contributed by atoms with E-state index in [-0.39, 0.29) is 28.6 Å². The van der Waals surface area contributed by atoms with E-state index in [0.717, 1.165) is 33.4 Å². The second-order valence-electron chi connectivity index (χ2n) is 9.39. The molecular formula is C33H32O6. The molecule has 0 radical (unpaired) electrons. The van der Waals surface area contributed by atoms with Crippen molar-refractivity contribution in [2.24, 2.45) is 0 Å². The zero-order valence-electron chi connectivity index (χ0n) is 22.8. The molecule has 0 amide bonds. The van der Waals surface area contributed by atoms with Gasteiger partial charge in [0, 0.05) is 23.1 Å². The Morgan fingerprint density at radius 2 is 1.18 bits per heavy atom. The van der Waals surface area contributed by atoms with Crippen LogP contribution in [0.5, 0.6) is 11.5 Å². The highest BCUT2D eigenvalue weighted by Crippen LogP contribution is 2.36. The molecular weight excluding hydrogens is 492 g/mol. The first-order chi connectivity index (χ1) is 18.5. The fourth-order valence-corrected chi connectivity index (χ4v) is 3.63. The van der Waals surface area contributed by atoms with Crippen molar-refractivity contribution in [2.75, 3.05) is 6.61 Å². The zero-order valence-corrected chi connectivity index (χ0v) is 22.8. The molecule has 6 heteroatoms. The molecule has 0 N–H and O–H groups in total. The molecule has 6 nitrogen and oxygen atoms in total. The molecule has 0 aliphatic heterocycles. The van der Waals surface area contributed by atoms with E-state index in [2.05, 4.69) is 25.8 Å². The predicted molar refractivity (Wildman–Crippen MR) is 152 cm³/mol. The molecule has 200 valence electrons. The molecule has 0 unspecified atom stereocenters. The van der Waals surface area contributed by atoms with Crippen molar-refractivity contribution in [3.8, 4) is 33.8 Å². The maximum absolute atomic E-state index is 12.2. The third kappa shape index (κ3) is 7.65. The number of carbonyl (C=O) groups is 3. The molecule has 0 saturated heterocycles. The summed E-state index contributed by atoms with van der Waals surface area (Å²) in [6.07, 6.45) is 0.618. The molecule has 0 bridgehead atoms. The fraction of sp³-hybridized carbons (Fsp3) is 0.182. The maximum Gasteiger partial charge on any atom is 0.338 e. The van der Waals surface area contributed by atoms with Gasteiger partial charge >= 0.3 is 17.9 Å². The molecule has 0 atom stereocenters. The van der Waals surface area contributed by atoms with Gasteiger partial charge in [-0.3, -0.25) is 0 Å². The van der Waals surface area contributed by atoms with Crippen molar-refractivity contribution in [3.63, 3.8) is 0 Å². The minimum Gasteiger partial charge on any atom is -0.462 e. The fourth-order valence-electron chi connectivity index (χ4n) is 3.63. The van der Waals surface area contributed by atoms with Crippen LogP contribution in [0.4, 0.5) is 0 Å². The summed E-state index contributed by atoms with van der Waals surface area (Å²) in [5.41, 5.74) is 6.70. The van der Waals surface area contributed by atoms with Crippen LogP contribution in [0.1, 0.15) is 31.9 Å². The average Bonchev–Trinajstić information content (AvgIpc) is 2.89. The topological polar surface area (TPSA) is 78.9 Å². The van der Waals surface area contributed by atoms with Gasteiger partial charge in [0.2, 0.25) is 0 Å². The number of aryl methyl sites for hydroxylation is 1. The second-order valence-corrected chi connectivity index (χ2v) is 9.39. The van der Waals surface area contributed by atoms with Gasteiger partial charge < -0.3 is 14.2 Å². The molecule has 0 aliphatic rings. The number of carbonyl (C=O) groups excluding carboxylic acids is 3. The van der Waals surface area contributed by atoms with E-state index >= 15 is 0 Å². The normalized spacial score (nSPS) is 10.4. The highest BCUT2D eigenvalue weighted by atomic mass is 16.6. The van der Waals surface area contributed by atoms with Crippen molar-refractivity contribution in [1.82, 2.24) is 0 Å². The first-order valence-corrected chi connectivity index (χ1v) is 12.4. The van der Waals surface area contributed by atoms with Crippen LogP contribution in [-0.4, -0.2) is 24.5 Å². The minimum absolute atomic E-state index is 0.114. The van der Waals surface area contributed by atoms with E-state index < -0.39 is 11.9 Å². The van der Waals surface area contributed by atoms with Gasteiger partial charge in [-0.15, -0.1) is 0 Å². The van der Waals surface area contributed by atoms with Gasteiger partial charge in [-0.1, -0.05) is 68.3 Å². The van der Waals surface area contributed by atoms with Crippen LogP contribution in [0.3, 0.4) is 0 Å². The first-order valence-electron chi connectivity index (χ1n) is 12.4. The molecule has 0 aliphatic carbocycles. The van der Waals surface area contributed by atoms with Gasteiger partial charge in [0.1, 0.15) is 0 Å². The van der Waals surface area contributed by atoms with E-state index in [4.69, 9.17) is 14.2 Å². The van der Waals surface area contributed by atoms with Crippen molar-refractivity contribution in [2.45, 2.75) is 34.1 Å². The summed E-state index contributed by atoms with van der Waals surface area (Å²) < 4.78 is 16.0. The van der Waals surface area contributed by atoms with Gasteiger partial charge in [0.05, 0.1) is 6.61 Å². The van der Waals surface area contributed by atoms with E-state index in [1.54, 1.807) is 32.0 Å². The van der Waals surface area contributed by atoms with Crippen LogP contribution < -0.4 is 9.47 Å². The van der Waals surface area contributed by atoms with E-state index in [1.807, 2.05) is 43.3 Å². The number of rotatable bonds is 10. The number of hydrogen-bond acceptors (Lipinski definition) is 6. The standard InChI is InChI=1S/C33H32O6/c1-20(2)31(34)37-17-16-24-8-10-25(11-9-24)26-12-14-28(23(7)18-26)27-13-15-29(38-32(35)21(3)4)30(19-27)39-33(36)22(5)6/h8-15,18-19H,1,3,5,16-17H2,2,4,6-7H3. The van der Waals surface area contributed by atoms with Crippen LogP contribution in [-0.2, 0) is 25.5 Å². The Morgan fingerprint density at radius 3 is 1.74 bits per heavy atom. The molecule has 0 fully saturated rings. The average molecular weight is 525 g/mol. The van der Waals surface area contributed by atoms with Crippen molar-refractivity contribution in [3.05, 3.63) is 108 Å². The predicted octanol–water partition coefficient (Wildman–Crippen LogP) is 6.95. The number of esters is 3. The lowest BCUT2D eigenvalue weighted by Crippen LogP contribution is -2.12. The molecule has 3 rings (SSSR count). The minimum atomic E-state index is -0.621. The SMILES string of the molecule is C=C(C)C(=O)OCCc1ccc(-c2ccc(-c3ccc(OC(=O)C(=C)C)c(OC(=O)C(=C)C)c3)c(C)c2)cc1. The largest absolute Gasteiger partial charge is 0.462 e. The maximum atomic E-state index is 12.2. The summed E-state index contributed by atoms with van der Waals surface area (Å²) >= 11 is 0. The lowest BCUT2D eigenvalue weighted by Gasteiger charge is -2.14. The molecule has 3 aromatic rings. The summed E-state index contributed by atoms with van der Waals surface area (Å²) in [5.74, 6) is -1.39. The third-order valence-electron chi connectivity index (χ3n) is 5.84. The highest BCUT2D eigenvalue weighted by molar-refractivity contribution is 5.91. The molecule has 0 aromatic heterocycles. The molecule has 39 heavy (non-hydrogen) atoms. The molecule has 0 spiro atoms. The monoisotopic (exact) mass is 524 g/mol. The number of benzene rings is 3. The summed E-state index contributed by atoms with van der Waals surface area (Å²) in [5, 5.41) is 0. The van der Waals surface area contributed by atoms with Crippen LogP contribution in [0.15, 0.2) is 97.1 Å². The van der Waals surface area contributed by atoms with Gasteiger partial charge in [0.25, 0.3) is 0 Å². The van der Waals surface area contributed by atoms with Crippen molar-refractivity contribution in [1.29, 1.82) is 0 Å². The van der Waals surface area contributed by atoms with Crippen LogP contribution >= 0.6 is 0 Å². The van der Waals surface area contributed by atoms with E-state index in [9.17, 15) is 14.4 Å². The first kappa shape index (κ1) is 28.9. The lowest BCUT2D eigenvalue weighted by atomic mass is 9.95. The highest BCUT2D eigenvalue weighted by Gasteiger charge is 2.17. The van der Waals surface area contributed by atoms with Crippen molar-refractivity contribution < 1.29 is 28.6 Å². The third-order valence-corrected chi connectivity index (χ3v) is 5.84. The Bertz CT molecular complexity index is 1460.